The minimum absolute atomic E-state index is 0.0117. The van der Waals surface area contributed by atoms with Gasteiger partial charge in [-0.05, 0) is 87.1 Å². The predicted octanol–water partition coefficient (Wildman–Crippen LogP) is -1.29. The number of aromatic nitrogens is 2. The fraction of sp³-hybridized carbons (Fsp3) is 0.642. The van der Waals surface area contributed by atoms with Gasteiger partial charge in [0.1, 0.15) is 66.5 Å². The van der Waals surface area contributed by atoms with Crippen LogP contribution in [0.4, 0.5) is 0 Å². The van der Waals surface area contributed by atoms with E-state index >= 15 is 0 Å². The minimum atomic E-state index is -1.71. The molecule has 101 heavy (non-hydrogen) atoms. The van der Waals surface area contributed by atoms with E-state index in [1.165, 1.54) is 24.3 Å². The second-order valence-corrected chi connectivity index (χ2v) is 27.3. The Bertz CT molecular complexity index is 3180. The van der Waals surface area contributed by atoms with E-state index in [-0.39, 0.29) is 94.9 Å². The first-order valence-electron chi connectivity index (χ1n) is 34.6. The number of rotatable bonds is 32. The van der Waals surface area contributed by atoms with Crippen molar-refractivity contribution in [1.82, 2.24) is 68.5 Å². The summed E-state index contributed by atoms with van der Waals surface area (Å²) in [6.07, 6.45) is 0.361. The lowest BCUT2D eigenvalue weighted by molar-refractivity contribution is -0.139. The molecule has 15 atom stereocenters. The molecule has 1 fully saturated rings. The van der Waals surface area contributed by atoms with Gasteiger partial charge in [0, 0.05) is 49.9 Å². The van der Waals surface area contributed by atoms with E-state index in [0.29, 0.717) is 16.3 Å². The lowest BCUT2D eigenvalue weighted by Gasteiger charge is -2.30. The Morgan fingerprint density at radius 2 is 1.25 bits per heavy atom. The Labute approximate surface area is 592 Å². The first-order chi connectivity index (χ1) is 47.9. The molecule has 20 N–H and O–H groups in total. The third-order valence-corrected chi connectivity index (χ3v) is 18.9. The standard InChI is InChI=1S/C67H105N17O16S/c1-9-36(6)53(70)67-82-49(33-101-67)64(98)78-45(28-35(4)5)61(95)76-44(23-25-52(88)89)60(94)84-54(37(7)10-2)65(99)77-41-20-15-16-27-72-56(90)48(31-50(69)85)80-58(92)43(22-24-51(86)87)75-63(97)47(30-40-32-71-34-73-40)79-62(96)46(29-39-18-13-12-14-19-39)81-66(100)55(38(8)11-3)83-59(93)42(21-17-26-68)74-57(41)91/h12-14,18-19,32,34-38,41-49,53-55H,9-11,15-17,20-31,33,68,70H2,1-8H3,(H2,69,85)(H,71,73)(H,72,90)(H,74,91)(H,75,97)(H,76,95)(H,77,99)(H,78,98)(H,79,96)(H,80,92)(H,81,100)(H,83,93)(H,84,94)(H,86,87)(H,88,89)/t36-,37-,38-,41-,42+,43+,44+,45-,46+,47-,48-,49-,53-,54-,55-/m0/s1. The molecule has 12 amide bonds. The lowest BCUT2D eigenvalue weighted by Crippen LogP contribution is -2.62. The number of imidazole rings is 1. The highest BCUT2D eigenvalue weighted by Crippen LogP contribution is 2.25. The van der Waals surface area contributed by atoms with E-state index in [1.54, 1.807) is 58.0 Å². The van der Waals surface area contributed by atoms with Crippen molar-refractivity contribution in [2.45, 2.75) is 231 Å². The van der Waals surface area contributed by atoms with Gasteiger partial charge in [-0.25, -0.2) is 4.98 Å². The Hall–Kier alpha value is -9.05. The number of H-pyrrole nitrogens is 1. The van der Waals surface area contributed by atoms with Crippen LogP contribution in [0.1, 0.15) is 157 Å². The Balaban J connectivity index is 1.78. The van der Waals surface area contributed by atoms with E-state index in [2.05, 4.69) is 73.4 Å². The molecule has 2 aromatic rings. The molecule has 33 nitrogen and oxygen atoms in total. The van der Waals surface area contributed by atoms with Gasteiger partial charge < -0.3 is 90.9 Å². The van der Waals surface area contributed by atoms with Crippen LogP contribution in [0.15, 0.2) is 47.8 Å². The van der Waals surface area contributed by atoms with Crippen LogP contribution >= 0.6 is 11.8 Å². The molecular weight excluding hydrogens is 1330 g/mol. The van der Waals surface area contributed by atoms with Crippen molar-refractivity contribution >= 4 is 99.6 Å². The highest BCUT2D eigenvalue weighted by molar-refractivity contribution is 8.14. The van der Waals surface area contributed by atoms with Crippen LogP contribution in [0, 0.1) is 23.7 Å². The zero-order valence-electron chi connectivity index (χ0n) is 58.9. The van der Waals surface area contributed by atoms with Gasteiger partial charge in [-0.15, -0.1) is 11.8 Å². The van der Waals surface area contributed by atoms with Gasteiger partial charge in [0.15, 0.2) is 0 Å². The number of amides is 12. The molecule has 1 aromatic heterocycles. The number of aliphatic carboxylic acids is 2. The summed E-state index contributed by atoms with van der Waals surface area (Å²) in [6.45, 7) is 14.2. The third kappa shape index (κ3) is 28.5. The summed E-state index contributed by atoms with van der Waals surface area (Å²) in [6, 6.07) is -7.93. The van der Waals surface area contributed by atoms with Crippen LogP contribution in [0.3, 0.4) is 0 Å². The number of nitrogens with two attached hydrogens (primary N) is 3. The number of carbonyl (C=O) groups excluding carboxylic acids is 12. The second kappa shape index (κ2) is 42.9. The average Bonchev–Trinajstić information content (AvgIpc) is 1.80. The number of primary amides is 1. The number of carbonyl (C=O) groups is 14. The van der Waals surface area contributed by atoms with E-state index < -0.39 is 199 Å². The van der Waals surface area contributed by atoms with Crippen molar-refractivity contribution in [2.75, 3.05) is 18.8 Å². The van der Waals surface area contributed by atoms with E-state index in [9.17, 15) is 77.3 Å². The fourth-order valence-electron chi connectivity index (χ4n) is 11.0. The minimum Gasteiger partial charge on any atom is -0.481 e. The Morgan fingerprint density at radius 3 is 1.85 bits per heavy atom. The van der Waals surface area contributed by atoms with E-state index in [4.69, 9.17) is 17.2 Å². The van der Waals surface area contributed by atoms with Gasteiger partial charge in [0.05, 0.1) is 23.8 Å². The Morgan fingerprint density at radius 1 is 0.653 bits per heavy atom. The predicted molar refractivity (Wildman–Crippen MR) is 374 cm³/mol. The number of thioether (sulfide) groups is 1. The molecule has 0 aliphatic carbocycles. The summed E-state index contributed by atoms with van der Waals surface area (Å²) in [5, 5.41) is 49.2. The molecule has 0 saturated carbocycles. The van der Waals surface area contributed by atoms with Crippen LogP contribution in [0.5, 0.6) is 0 Å². The average molecular weight is 1440 g/mol. The largest absolute Gasteiger partial charge is 0.481 e. The number of carboxylic acids is 2. The monoisotopic (exact) mass is 1440 g/mol. The lowest BCUT2D eigenvalue weighted by atomic mass is 9.96. The highest BCUT2D eigenvalue weighted by Gasteiger charge is 2.40. The number of aliphatic imine (C=N–C) groups is 1. The number of hydrogen-bond donors (Lipinski definition) is 17. The van der Waals surface area contributed by atoms with Gasteiger partial charge in [-0.3, -0.25) is 72.1 Å². The van der Waals surface area contributed by atoms with E-state index in [0.717, 1.165) is 6.42 Å². The van der Waals surface area contributed by atoms with Crippen molar-refractivity contribution in [3.63, 3.8) is 0 Å². The van der Waals surface area contributed by atoms with Crippen LogP contribution in [-0.2, 0) is 80.0 Å². The maximum atomic E-state index is 14.9. The molecule has 4 rings (SSSR count). The van der Waals surface area contributed by atoms with Gasteiger partial charge >= 0.3 is 11.9 Å². The molecule has 3 heterocycles. The summed E-state index contributed by atoms with van der Waals surface area (Å²) < 4.78 is 0. The number of nitrogens with one attached hydrogen (secondary N) is 12. The van der Waals surface area contributed by atoms with Crippen molar-refractivity contribution in [1.29, 1.82) is 0 Å². The fourth-order valence-corrected chi connectivity index (χ4v) is 12.2. The molecule has 0 radical (unpaired) electrons. The summed E-state index contributed by atoms with van der Waals surface area (Å²) in [7, 11) is 0. The second-order valence-electron chi connectivity index (χ2n) is 26.3. The maximum absolute atomic E-state index is 14.9. The van der Waals surface area contributed by atoms with Crippen molar-refractivity contribution < 1.29 is 77.3 Å². The summed E-state index contributed by atoms with van der Waals surface area (Å²) in [5.41, 5.74) is 18.8. The summed E-state index contributed by atoms with van der Waals surface area (Å²) in [4.78, 5) is 207. The topological polar surface area (TPSA) is 531 Å². The van der Waals surface area contributed by atoms with Crippen molar-refractivity contribution in [3.05, 3.63) is 54.1 Å². The first-order valence-corrected chi connectivity index (χ1v) is 35.6. The zero-order chi connectivity index (χ0) is 75.0. The molecule has 560 valence electrons. The molecule has 0 unspecified atom stereocenters. The highest BCUT2D eigenvalue weighted by atomic mass is 32.2. The van der Waals surface area contributed by atoms with E-state index in [1.807, 2.05) is 27.7 Å². The van der Waals surface area contributed by atoms with Crippen LogP contribution in [-0.4, -0.2) is 199 Å². The van der Waals surface area contributed by atoms with Gasteiger partial charge in [-0.2, -0.15) is 0 Å². The molecule has 34 heteroatoms. The zero-order valence-corrected chi connectivity index (χ0v) is 59.7. The SMILES string of the molecule is CC[C@H](C)[C@H](N)C1=N[C@H](C(=O)N[C@@H](CC(C)C)C(=O)N[C@H](CCC(=O)O)C(=O)N[C@H](C(=O)N[C@H]2CCCCNC(=O)[C@H](CC(N)=O)NC(=O)[C@@H](CCC(=O)O)NC(=O)[C@H](Cc3cnc[nH]3)NC(=O)[C@@H](Cc3ccccc3)NC(=O)[C@H]([C@@H](C)CC)NC(=O)[C@@H](CCCN)NC2=O)[C@@H](C)CC)CS1. The molecular formula is C67H105N17O16S. The van der Waals surface area contributed by atoms with Crippen molar-refractivity contribution in [2.24, 2.45) is 45.9 Å². The molecule has 2 aliphatic rings. The third-order valence-electron chi connectivity index (χ3n) is 17.8. The summed E-state index contributed by atoms with van der Waals surface area (Å²) in [5.74, 6) is -14.9. The smallest absolute Gasteiger partial charge is 0.303 e. The van der Waals surface area contributed by atoms with Crippen LogP contribution in [0.25, 0.3) is 0 Å². The van der Waals surface area contributed by atoms with Crippen LogP contribution < -0.4 is 75.7 Å². The molecule has 0 bridgehead atoms. The molecule has 0 spiro atoms. The number of hydrogen-bond acceptors (Lipinski definition) is 19. The molecule has 1 saturated heterocycles. The number of aromatic amines is 1. The van der Waals surface area contributed by atoms with Crippen LogP contribution in [0.2, 0.25) is 0 Å². The maximum Gasteiger partial charge on any atom is 0.303 e. The van der Waals surface area contributed by atoms with Gasteiger partial charge in [-0.1, -0.05) is 105 Å². The first kappa shape index (κ1) is 84.4. The normalized spacial score (nSPS) is 23.0. The molecule has 2 aliphatic heterocycles. The number of benzene rings is 1. The van der Waals surface area contributed by atoms with Crippen molar-refractivity contribution in [3.8, 4) is 0 Å². The molecule has 1 aromatic carbocycles. The van der Waals surface area contributed by atoms with Gasteiger partial charge in [0.25, 0.3) is 0 Å². The number of nitrogens with zero attached hydrogens (tertiary/aromatic N) is 2. The van der Waals surface area contributed by atoms with Gasteiger partial charge in [0.2, 0.25) is 70.9 Å². The quantitative estimate of drug-likeness (QED) is 0.0405. The summed E-state index contributed by atoms with van der Waals surface area (Å²) >= 11 is 1.35. The number of carboxylic acid groups (broad SMARTS) is 2. The Kier molecular flexibility index (Phi) is 35.8.